The van der Waals surface area contributed by atoms with Crippen molar-refractivity contribution >= 4 is 28.7 Å². The maximum Gasteiger partial charge on any atom is 0.326 e. The summed E-state index contributed by atoms with van der Waals surface area (Å²) in [5.74, 6) is -2.83. The third-order valence-corrected chi connectivity index (χ3v) is 3.85. The molecule has 0 aliphatic carbocycles. The van der Waals surface area contributed by atoms with E-state index in [-0.39, 0.29) is 18.0 Å². The summed E-state index contributed by atoms with van der Waals surface area (Å²) < 4.78 is 1.58. The van der Waals surface area contributed by atoms with E-state index in [2.05, 4.69) is 10.4 Å². The number of benzene rings is 1. The van der Waals surface area contributed by atoms with Crippen LogP contribution in [0.4, 0.5) is 0 Å². The fraction of sp³-hybridized carbons (Fsp3) is 0.412. The highest BCUT2D eigenvalue weighted by Gasteiger charge is 2.26. The largest absolute Gasteiger partial charge is 0.481 e. The van der Waals surface area contributed by atoms with Crippen LogP contribution in [0.2, 0.25) is 0 Å². The number of aromatic nitrogens is 2. The SMILES string of the molecule is CC(C)[C@H](NC(=O)c1nn(CCCC(=O)O)c2ccccc12)C(=O)O. The van der Waals surface area contributed by atoms with Gasteiger partial charge in [0, 0.05) is 18.4 Å². The van der Waals surface area contributed by atoms with Crippen LogP contribution in [-0.4, -0.2) is 43.9 Å². The van der Waals surface area contributed by atoms with E-state index in [0.717, 1.165) is 0 Å². The molecule has 0 saturated carbocycles. The summed E-state index contributed by atoms with van der Waals surface area (Å²) in [6.45, 7) is 3.77. The van der Waals surface area contributed by atoms with E-state index in [0.29, 0.717) is 23.9 Å². The Hall–Kier alpha value is -2.90. The molecule has 1 atom stereocenters. The van der Waals surface area contributed by atoms with Gasteiger partial charge in [-0.05, 0) is 18.4 Å². The topological polar surface area (TPSA) is 122 Å². The van der Waals surface area contributed by atoms with E-state index >= 15 is 0 Å². The summed E-state index contributed by atoms with van der Waals surface area (Å²) in [5, 5.41) is 25.4. The third-order valence-electron chi connectivity index (χ3n) is 3.85. The number of aliphatic carboxylic acids is 2. The number of amides is 1. The minimum Gasteiger partial charge on any atom is -0.481 e. The zero-order valence-corrected chi connectivity index (χ0v) is 14.1. The van der Waals surface area contributed by atoms with Crippen molar-refractivity contribution in [3.8, 4) is 0 Å². The molecule has 0 aliphatic rings. The Morgan fingerprint density at radius 2 is 1.88 bits per heavy atom. The molecule has 0 aliphatic heterocycles. The van der Waals surface area contributed by atoms with Gasteiger partial charge < -0.3 is 15.5 Å². The molecule has 1 amide bonds. The Kier molecular flexibility index (Phi) is 5.74. The van der Waals surface area contributed by atoms with Crippen molar-refractivity contribution in [2.24, 2.45) is 5.92 Å². The summed E-state index contributed by atoms with van der Waals surface area (Å²) >= 11 is 0. The van der Waals surface area contributed by atoms with Crippen molar-refractivity contribution in [1.82, 2.24) is 15.1 Å². The summed E-state index contributed by atoms with van der Waals surface area (Å²) in [5.41, 5.74) is 0.840. The van der Waals surface area contributed by atoms with Gasteiger partial charge in [0.1, 0.15) is 6.04 Å². The molecule has 2 rings (SSSR count). The first kappa shape index (κ1) is 18.4. The lowest BCUT2D eigenvalue weighted by Gasteiger charge is -2.17. The van der Waals surface area contributed by atoms with Crippen LogP contribution in [0.1, 0.15) is 37.2 Å². The van der Waals surface area contributed by atoms with Crippen molar-refractivity contribution in [3.63, 3.8) is 0 Å². The predicted molar refractivity (Wildman–Crippen MR) is 90.3 cm³/mol. The van der Waals surface area contributed by atoms with Crippen LogP contribution in [0.5, 0.6) is 0 Å². The molecular weight excluding hydrogens is 326 g/mol. The number of carbonyl (C=O) groups is 3. The summed E-state index contributed by atoms with van der Waals surface area (Å²) in [7, 11) is 0. The van der Waals surface area contributed by atoms with Gasteiger partial charge in [0.15, 0.2) is 5.69 Å². The van der Waals surface area contributed by atoms with Gasteiger partial charge in [0.2, 0.25) is 0 Å². The molecule has 0 unspecified atom stereocenters. The van der Waals surface area contributed by atoms with Crippen molar-refractivity contribution in [2.45, 2.75) is 39.3 Å². The maximum atomic E-state index is 12.5. The molecule has 0 bridgehead atoms. The van der Waals surface area contributed by atoms with Gasteiger partial charge in [-0.1, -0.05) is 32.0 Å². The Morgan fingerprint density at radius 3 is 2.48 bits per heavy atom. The molecule has 2 aromatic rings. The number of para-hydroxylation sites is 1. The smallest absolute Gasteiger partial charge is 0.326 e. The van der Waals surface area contributed by atoms with Crippen LogP contribution in [0.3, 0.4) is 0 Å². The maximum absolute atomic E-state index is 12.5. The highest BCUT2D eigenvalue weighted by molar-refractivity contribution is 6.05. The second-order valence-corrected chi connectivity index (χ2v) is 6.12. The molecule has 8 heteroatoms. The van der Waals surface area contributed by atoms with Gasteiger partial charge in [-0.25, -0.2) is 4.79 Å². The predicted octanol–water partition coefficient (Wildman–Crippen LogP) is 1.74. The molecule has 0 saturated heterocycles. The lowest BCUT2D eigenvalue weighted by molar-refractivity contribution is -0.140. The fourth-order valence-electron chi connectivity index (χ4n) is 2.57. The van der Waals surface area contributed by atoms with Crippen molar-refractivity contribution < 1.29 is 24.6 Å². The van der Waals surface area contributed by atoms with Gasteiger partial charge in [0.05, 0.1) is 5.52 Å². The van der Waals surface area contributed by atoms with E-state index in [1.54, 1.807) is 42.8 Å². The number of hydrogen-bond acceptors (Lipinski definition) is 4. The third kappa shape index (κ3) is 4.34. The highest BCUT2D eigenvalue weighted by Crippen LogP contribution is 2.19. The normalized spacial score (nSPS) is 12.3. The van der Waals surface area contributed by atoms with Gasteiger partial charge in [-0.3, -0.25) is 14.3 Å². The fourth-order valence-corrected chi connectivity index (χ4v) is 2.57. The lowest BCUT2D eigenvalue weighted by Crippen LogP contribution is -2.44. The van der Waals surface area contributed by atoms with E-state index in [9.17, 15) is 19.5 Å². The van der Waals surface area contributed by atoms with Crippen LogP contribution in [0.25, 0.3) is 10.9 Å². The Labute approximate surface area is 144 Å². The number of rotatable bonds is 8. The summed E-state index contributed by atoms with van der Waals surface area (Å²) in [4.78, 5) is 34.5. The second kappa shape index (κ2) is 7.78. The molecule has 0 spiro atoms. The van der Waals surface area contributed by atoms with Gasteiger partial charge >= 0.3 is 11.9 Å². The van der Waals surface area contributed by atoms with Crippen molar-refractivity contribution in [2.75, 3.05) is 0 Å². The standard InChI is InChI=1S/C17H21N3O5/c1-10(2)14(17(24)25)18-16(23)15-11-6-3-4-7-12(11)20(19-15)9-5-8-13(21)22/h3-4,6-7,10,14H,5,8-9H2,1-2H3,(H,18,23)(H,21,22)(H,24,25)/t14-/m0/s1. The second-order valence-electron chi connectivity index (χ2n) is 6.12. The highest BCUT2D eigenvalue weighted by atomic mass is 16.4. The molecule has 1 aromatic heterocycles. The zero-order valence-electron chi connectivity index (χ0n) is 14.1. The minimum atomic E-state index is -1.10. The minimum absolute atomic E-state index is 0.00412. The van der Waals surface area contributed by atoms with E-state index in [1.807, 2.05) is 0 Å². The van der Waals surface area contributed by atoms with Crippen molar-refractivity contribution in [3.05, 3.63) is 30.0 Å². The van der Waals surface area contributed by atoms with E-state index < -0.39 is 23.9 Å². The quantitative estimate of drug-likeness (QED) is 0.669. The number of nitrogens with zero attached hydrogens (tertiary/aromatic N) is 2. The van der Waals surface area contributed by atoms with Crippen LogP contribution in [-0.2, 0) is 16.1 Å². The zero-order chi connectivity index (χ0) is 18.6. The van der Waals surface area contributed by atoms with Gasteiger partial charge in [-0.15, -0.1) is 0 Å². The van der Waals surface area contributed by atoms with E-state index in [1.165, 1.54) is 0 Å². The average Bonchev–Trinajstić information content (AvgIpc) is 2.90. The Morgan fingerprint density at radius 1 is 1.20 bits per heavy atom. The van der Waals surface area contributed by atoms with Crippen LogP contribution in [0, 0.1) is 5.92 Å². The first-order valence-electron chi connectivity index (χ1n) is 8.02. The molecule has 25 heavy (non-hydrogen) atoms. The van der Waals surface area contributed by atoms with Crippen LogP contribution >= 0.6 is 0 Å². The molecule has 8 nitrogen and oxygen atoms in total. The van der Waals surface area contributed by atoms with Crippen LogP contribution < -0.4 is 5.32 Å². The number of carboxylic acid groups (broad SMARTS) is 2. The van der Waals surface area contributed by atoms with Crippen molar-refractivity contribution in [1.29, 1.82) is 0 Å². The Bertz CT molecular complexity index is 797. The number of carboxylic acids is 2. The molecule has 1 heterocycles. The molecule has 1 aromatic carbocycles. The average molecular weight is 347 g/mol. The van der Waals surface area contributed by atoms with Gasteiger partial charge in [0.25, 0.3) is 5.91 Å². The van der Waals surface area contributed by atoms with E-state index in [4.69, 9.17) is 5.11 Å². The number of carbonyl (C=O) groups excluding carboxylic acids is 1. The number of hydrogen-bond donors (Lipinski definition) is 3. The molecule has 3 N–H and O–H groups in total. The lowest BCUT2D eigenvalue weighted by atomic mass is 10.0. The molecular formula is C17H21N3O5. The summed E-state index contributed by atoms with van der Waals surface area (Å²) in [6, 6.07) is 6.07. The summed E-state index contributed by atoms with van der Waals surface area (Å²) in [6.07, 6.45) is 0.385. The van der Waals surface area contributed by atoms with Gasteiger partial charge in [-0.2, -0.15) is 5.10 Å². The first-order valence-corrected chi connectivity index (χ1v) is 8.02. The number of fused-ring (bicyclic) bond motifs is 1. The molecule has 0 radical (unpaired) electrons. The number of nitrogens with one attached hydrogen (secondary N) is 1. The number of aryl methyl sites for hydroxylation is 1. The monoisotopic (exact) mass is 347 g/mol. The molecule has 0 fully saturated rings. The van der Waals surface area contributed by atoms with Crippen LogP contribution in [0.15, 0.2) is 24.3 Å². The first-order chi connectivity index (χ1) is 11.8. The molecule has 134 valence electrons. The Balaban J connectivity index is 2.29.